The zero-order valence-electron chi connectivity index (χ0n) is 29.3. The molecule has 4 heterocycles. The molecule has 3 aliphatic carbocycles. The minimum atomic E-state index is -1.33. The monoisotopic (exact) mass is 783 g/mol. The highest BCUT2D eigenvalue weighted by Crippen LogP contribution is 2.51. The number of phenols is 2. The van der Waals surface area contributed by atoms with Crippen LogP contribution in [0.25, 0.3) is 16.5 Å². The molecule has 53 heavy (non-hydrogen) atoms. The fourth-order valence-corrected chi connectivity index (χ4v) is 9.25. The van der Waals surface area contributed by atoms with Gasteiger partial charge in [0.25, 0.3) is 0 Å². The zero-order valence-corrected chi connectivity index (χ0v) is 30.9. The van der Waals surface area contributed by atoms with E-state index in [1.54, 1.807) is 12.3 Å². The Bertz CT molecular complexity index is 2310. The number of phenolic OH excluding ortho intramolecular Hbond substituents is 2. The van der Waals surface area contributed by atoms with Crippen molar-refractivity contribution in [1.29, 1.82) is 0 Å². The summed E-state index contributed by atoms with van der Waals surface area (Å²) in [5, 5.41) is 41.4. The highest BCUT2D eigenvalue weighted by atomic mass is 79.9. The van der Waals surface area contributed by atoms with Crippen molar-refractivity contribution >= 4 is 44.2 Å². The van der Waals surface area contributed by atoms with Gasteiger partial charge in [-0.1, -0.05) is 12.1 Å². The molecule has 12 nitrogen and oxygen atoms in total. The number of aromatic nitrogens is 2. The van der Waals surface area contributed by atoms with Gasteiger partial charge in [0.2, 0.25) is 11.5 Å². The van der Waals surface area contributed by atoms with Crippen LogP contribution >= 0.6 is 15.9 Å². The number of pyridine rings is 1. The second-order valence-corrected chi connectivity index (χ2v) is 15.4. The van der Waals surface area contributed by atoms with Crippen molar-refractivity contribution in [2.75, 3.05) is 33.9 Å². The summed E-state index contributed by atoms with van der Waals surface area (Å²) in [6, 6.07) is 11.2. The van der Waals surface area contributed by atoms with Crippen molar-refractivity contribution in [2.45, 2.75) is 36.5 Å². The highest BCUT2D eigenvalue weighted by molar-refractivity contribution is 9.10. The number of aryl methyl sites for hydroxylation is 1. The van der Waals surface area contributed by atoms with Gasteiger partial charge in [-0.05, 0) is 94.5 Å². The SMILES string of the molecule is COC12CC(COC(=O)c3cncc(Br)c3)CN(C)C1Cc1cn(C)c3cccc2c13.O=C1C=CC2=C3c4cc(O)c(O)cc4CC3(O)COC2=C1O. The van der Waals surface area contributed by atoms with E-state index in [1.165, 1.54) is 52.5 Å². The molecule has 4 N–H and O–H groups in total. The number of hydrogen-bond acceptors (Lipinski definition) is 11. The van der Waals surface area contributed by atoms with E-state index >= 15 is 0 Å². The van der Waals surface area contributed by atoms with Gasteiger partial charge in [-0.3, -0.25) is 14.7 Å². The van der Waals surface area contributed by atoms with Crippen molar-refractivity contribution in [1.82, 2.24) is 14.5 Å². The molecule has 0 radical (unpaired) electrons. The largest absolute Gasteiger partial charge is 0.504 e. The minimum Gasteiger partial charge on any atom is -0.504 e. The predicted octanol–water partition coefficient (Wildman–Crippen LogP) is 4.99. The molecule has 13 heteroatoms. The van der Waals surface area contributed by atoms with Crippen LogP contribution < -0.4 is 0 Å². The second-order valence-electron chi connectivity index (χ2n) is 14.4. The van der Waals surface area contributed by atoms with Crippen LogP contribution in [0.5, 0.6) is 11.5 Å². The highest BCUT2D eigenvalue weighted by Gasteiger charge is 2.52. The summed E-state index contributed by atoms with van der Waals surface area (Å²) in [4.78, 5) is 30.5. The number of aromatic hydroxyl groups is 2. The number of piperidine rings is 1. The van der Waals surface area contributed by atoms with E-state index in [0.29, 0.717) is 34.4 Å². The first-order valence-corrected chi connectivity index (χ1v) is 18.0. The van der Waals surface area contributed by atoms with Gasteiger partial charge in [-0.15, -0.1) is 0 Å². The topological polar surface area (TPSA) is 164 Å². The zero-order chi connectivity index (χ0) is 37.4. The molecular formula is C40H38BrN3O9. The van der Waals surface area contributed by atoms with E-state index in [1.807, 2.05) is 7.11 Å². The smallest absolute Gasteiger partial charge is 0.339 e. The number of likely N-dealkylation sites (tertiary alicyclic amines) is 1. The average molecular weight is 785 g/mol. The number of ether oxygens (including phenoxy) is 3. The summed E-state index contributed by atoms with van der Waals surface area (Å²) in [7, 11) is 6.07. The number of aliphatic hydroxyl groups excluding tert-OH is 1. The Hall–Kier alpha value is -4.95. The number of aliphatic hydroxyl groups is 2. The maximum absolute atomic E-state index is 12.5. The van der Waals surface area contributed by atoms with Gasteiger partial charge in [-0.25, -0.2) is 4.79 Å². The third kappa shape index (κ3) is 5.65. The van der Waals surface area contributed by atoms with Gasteiger partial charge in [0.15, 0.2) is 17.3 Å². The molecule has 4 aromatic rings. The number of ketones is 1. The molecule has 0 bridgehead atoms. The van der Waals surface area contributed by atoms with Crippen molar-refractivity contribution < 1.29 is 44.2 Å². The summed E-state index contributed by atoms with van der Waals surface area (Å²) in [5.41, 5.74) is 4.69. The Morgan fingerprint density at radius 1 is 1.09 bits per heavy atom. The fourth-order valence-electron chi connectivity index (χ4n) is 8.89. The van der Waals surface area contributed by atoms with Crippen LogP contribution in [0.3, 0.4) is 0 Å². The Kier molecular flexibility index (Phi) is 8.52. The third-order valence-electron chi connectivity index (χ3n) is 11.2. The Balaban J connectivity index is 0.000000160. The third-order valence-corrected chi connectivity index (χ3v) is 11.6. The van der Waals surface area contributed by atoms with E-state index in [9.17, 15) is 30.0 Å². The number of benzene rings is 2. The fraction of sp³-hybridized carbons (Fsp3) is 0.325. The number of methoxy groups -OCH3 is 1. The Labute approximate surface area is 313 Å². The normalized spacial score (nSPS) is 25.6. The van der Waals surface area contributed by atoms with Gasteiger partial charge in [-0.2, -0.15) is 0 Å². The number of allylic oxidation sites excluding steroid dienone is 2. The summed E-state index contributed by atoms with van der Waals surface area (Å²) in [5.74, 6) is -1.76. The van der Waals surface area contributed by atoms with E-state index in [4.69, 9.17) is 14.2 Å². The molecular weight excluding hydrogens is 746 g/mol. The number of hydrogen-bond donors (Lipinski definition) is 4. The lowest BCUT2D eigenvalue weighted by Gasteiger charge is -2.53. The van der Waals surface area contributed by atoms with Crippen molar-refractivity contribution in [3.63, 3.8) is 0 Å². The Morgan fingerprint density at radius 2 is 1.89 bits per heavy atom. The molecule has 274 valence electrons. The predicted molar refractivity (Wildman–Crippen MR) is 197 cm³/mol. The molecule has 2 aromatic carbocycles. The van der Waals surface area contributed by atoms with Crippen LogP contribution in [0.4, 0.5) is 0 Å². The number of halogens is 1. The van der Waals surface area contributed by atoms with Crippen LogP contribution in [0, 0.1) is 5.92 Å². The lowest BCUT2D eigenvalue weighted by molar-refractivity contribution is -0.131. The summed E-state index contributed by atoms with van der Waals surface area (Å²) >= 11 is 3.35. The van der Waals surface area contributed by atoms with Crippen LogP contribution in [-0.4, -0.2) is 92.2 Å². The number of esters is 1. The first-order chi connectivity index (χ1) is 25.3. The number of carbonyl (C=O) groups excluding carboxylic acids is 2. The van der Waals surface area contributed by atoms with Gasteiger partial charge >= 0.3 is 5.97 Å². The van der Waals surface area contributed by atoms with E-state index in [2.05, 4.69) is 68.9 Å². The van der Waals surface area contributed by atoms with Gasteiger partial charge < -0.3 is 39.2 Å². The number of carbonyl (C=O) groups is 2. The van der Waals surface area contributed by atoms with Crippen molar-refractivity contribution in [3.05, 3.63) is 117 Å². The van der Waals surface area contributed by atoms with E-state index in [-0.39, 0.29) is 48.2 Å². The van der Waals surface area contributed by atoms with Gasteiger partial charge in [0, 0.05) is 84.2 Å². The standard InChI is InChI=1S/C24H26BrN3O3.C16H12O6/c1-27-13-17-8-21-24(30-3,19-5-4-6-20(27)22(17)19)9-15(12-28(21)2)14-31-23(29)16-7-18(25)11-26-10-16;17-10-2-1-8-13-9-4-12(19)11(18)3-7(9)5-16(13,21)6-22-15(8)14(10)20/h4-7,10-11,13,15,21H,8-9,12,14H2,1-3H3;1-4,18-21H,5-6H2. The average Bonchev–Trinajstić information content (AvgIpc) is 3.62. The second kappa shape index (κ2) is 12.9. The van der Waals surface area contributed by atoms with Crippen LogP contribution in [-0.2, 0) is 44.5 Å². The maximum atomic E-state index is 12.5. The molecule has 4 atom stereocenters. The molecule has 1 saturated heterocycles. The quantitative estimate of drug-likeness (QED) is 0.163. The minimum absolute atomic E-state index is 0.0348. The molecule has 0 spiro atoms. The number of nitrogens with zero attached hydrogens (tertiary/aromatic N) is 3. The lowest BCUT2D eigenvalue weighted by atomic mass is 9.69. The first kappa shape index (κ1) is 35.1. The Morgan fingerprint density at radius 3 is 2.66 bits per heavy atom. The number of likely N-dealkylation sites (N-methyl/N-ethyl adjacent to an activating group) is 1. The van der Waals surface area contributed by atoms with Crippen LogP contribution in [0.1, 0.15) is 39.0 Å². The number of rotatable bonds is 4. The van der Waals surface area contributed by atoms with Gasteiger partial charge in [0.05, 0.1) is 12.2 Å². The molecule has 2 aliphatic heterocycles. The van der Waals surface area contributed by atoms with Crippen LogP contribution in [0.15, 0.2) is 88.7 Å². The van der Waals surface area contributed by atoms with Crippen molar-refractivity contribution in [3.8, 4) is 11.5 Å². The maximum Gasteiger partial charge on any atom is 0.339 e. The molecule has 2 aromatic heterocycles. The molecule has 0 amide bonds. The van der Waals surface area contributed by atoms with E-state index < -0.39 is 22.7 Å². The van der Waals surface area contributed by atoms with E-state index in [0.717, 1.165) is 23.9 Å². The molecule has 9 rings (SSSR count). The molecule has 0 saturated carbocycles. The van der Waals surface area contributed by atoms with Crippen molar-refractivity contribution in [2.24, 2.45) is 13.0 Å². The lowest BCUT2D eigenvalue weighted by Crippen LogP contribution is -2.59. The first-order valence-electron chi connectivity index (χ1n) is 17.2. The summed E-state index contributed by atoms with van der Waals surface area (Å²) < 4.78 is 20.4. The summed E-state index contributed by atoms with van der Waals surface area (Å²) in [6.45, 7) is 1.09. The van der Waals surface area contributed by atoms with Crippen LogP contribution in [0.2, 0.25) is 0 Å². The molecule has 5 aliphatic rings. The molecule has 1 fully saturated rings. The summed E-state index contributed by atoms with van der Waals surface area (Å²) in [6.07, 6.45) is 10.1. The molecule has 4 unspecified atom stereocenters. The van der Waals surface area contributed by atoms with Gasteiger partial charge in [0.1, 0.15) is 17.8 Å². The number of fused-ring (bicyclic) bond motifs is 6.